The molecular weight excluding hydrogens is 278 g/mol. The lowest BCUT2D eigenvalue weighted by atomic mass is 9.93. The molecule has 2 aliphatic rings. The molecule has 1 amide bonds. The van der Waals surface area contributed by atoms with Crippen LogP contribution in [0.25, 0.3) is 0 Å². The zero-order chi connectivity index (χ0) is 11.8. The summed E-state index contributed by atoms with van der Waals surface area (Å²) < 4.78 is 1.03. The van der Waals surface area contributed by atoms with Gasteiger partial charge in [-0.2, -0.15) is 0 Å². The van der Waals surface area contributed by atoms with Gasteiger partial charge in [-0.05, 0) is 48.9 Å². The third-order valence-electron chi connectivity index (χ3n) is 3.73. The number of carbonyl (C=O) groups is 1. The molecule has 0 unspecified atom stereocenters. The molecule has 2 bridgehead atoms. The highest BCUT2D eigenvalue weighted by Crippen LogP contribution is 2.43. The summed E-state index contributed by atoms with van der Waals surface area (Å²) in [6.07, 6.45) is 6.65. The minimum atomic E-state index is 0.171. The van der Waals surface area contributed by atoms with E-state index in [0.717, 1.165) is 16.6 Å². The minimum absolute atomic E-state index is 0.171. The highest BCUT2D eigenvalue weighted by atomic mass is 79.9. The van der Waals surface area contributed by atoms with Gasteiger partial charge in [0.05, 0.1) is 0 Å². The molecule has 17 heavy (non-hydrogen) atoms. The van der Waals surface area contributed by atoms with E-state index in [-0.39, 0.29) is 11.8 Å². The Kier molecular flexibility index (Phi) is 2.79. The van der Waals surface area contributed by atoms with E-state index in [4.69, 9.17) is 0 Å². The van der Waals surface area contributed by atoms with Gasteiger partial charge in [-0.3, -0.25) is 4.79 Å². The summed E-state index contributed by atoms with van der Waals surface area (Å²) >= 11 is 3.38. The van der Waals surface area contributed by atoms with Crippen LogP contribution in [0.2, 0.25) is 0 Å². The average Bonchev–Trinajstić information content (AvgIpc) is 2.94. The predicted molar refractivity (Wildman–Crippen MR) is 71.6 cm³/mol. The molecule has 3 heteroatoms. The number of fused-ring (bicyclic) bond motifs is 2. The van der Waals surface area contributed by atoms with Gasteiger partial charge in [-0.1, -0.05) is 28.1 Å². The molecular formula is C14H14BrNO. The van der Waals surface area contributed by atoms with Crippen molar-refractivity contribution >= 4 is 27.5 Å². The number of amides is 1. The van der Waals surface area contributed by atoms with Crippen molar-refractivity contribution in [3.8, 4) is 0 Å². The summed E-state index contributed by atoms with van der Waals surface area (Å²) in [7, 11) is 0. The lowest BCUT2D eigenvalue weighted by Gasteiger charge is -2.17. The van der Waals surface area contributed by atoms with Crippen LogP contribution in [0, 0.1) is 17.8 Å². The van der Waals surface area contributed by atoms with Gasteiger partial charge < -0.3 is 5.32 Å². The van der Waals surface area contributed by atoms with E-state index in [2.05, 4.69) is 33.4 Å². The van der Waals surface area contributed by atoms with Crippen LogP contribution in [0.15, 0.2) is 40.9 Å². The molecule has 0 heterocycles. The molecule has 1 N–H and O–H groups in total. The highest BCUT2D eigenvalue weighted by Gasteiger charge is 2.39. The van der Waals surface area contributed by atoms with Gasteiger partial charge >= 0.3 is 0 Å². The van der Waals surface area contributed by atoms with Crippen LogP contribution < -0.4 is 5.32 Å². The van der Waals surface area contributed by atoms with Gasteiger partial charge in [0.15, 0.2) is 0 Å². The van der Waals surface area contributed by atoms with Crippen molar-refractivity contribution in [1.82, 2.24) is 0 Å². The Balaban J connectivity index is 1.68. The number of rotatable bonds is 2. The maximum Gasteiger partial charge on any atom is 0.228 e. The molecule has 1 aromatic rings. The predicted octanol–water partition coefficient (Wildman–Crippen LogP) is 3.60. The first-order valence-electron chi connectivity index (χ1n) is 5.97. The first kappa shape index (κ1) is 11.0. The summed E-state index contributed by atoms with van der Waals surface area (Å²) in [5.41, 5.74) is 0.880. The van der Waals surface area contributed by atoms with Gasteiger partial charge in [0.1, 0.15) is 0 Å². The van der Waals surface area contributed by atoms with E-state index in [0.29, 0.717) is 11.8 Å². The maximum absolute atomic E-state index is 12.1. The summed E-state index contributed by atoms with van der Waals surface area (Å²) in [4.78, 5) is 12.1. The van der Waals surface area contributed by atoms with Crippen molar-refractivity contribution < 1.29 is 4.79 Å². The quantitative estimate of drug-likeness (QED) is 0.829. The number of benzene rings is 1. The molecule has 0 radical (unpaired) electrons. The van der Waals surface area contributed by atoms with E-state index in [1.807, 2.05) is 24.3 Å². The Labute approximate surface area is 109 Å². The van der Waals surface area contributed by atoms with Crippen LogP contribution in [0.4, 0.5) is 5.69 Å². The highest BCUT2D eigenvalue weighted by molar-refractivity contribution is 9.10. The molecule has 2 aliphatic carbocycles. The van der Waals surface area contributed by atoms with E-state index in [1.54, 1.807) is 0 Å². The first-order valence-corrected chi connectivity index (χ1v) is 6.76. The van der Waals surface area contributed by atoms with Crippen molar-refractivity contribution in [3.05, 3.63) is 40.9 Å². The molecule has 1 fully saturated rings. The molecule has 3 atom stereocenters. The Morgan fingerprint density at radius 3 is 2.53 bits per heavy atom. The lowest BCUT2D eigenvalue weighted by molar-refractivity contribution is -0.120. The van der Waals surface area contributed by atoms with Crippen molar-refractivity contribution in [3.63, 3.8) is 0 Å². The zero-order valence-electron chi connectivity index (χ0n) is 9.40. The fourth-order valence-corrected chi connectivity index (χ4v) is 3.11. The molecule has 0 spiro atoms. The van der Waals surface area contributed by atoms with Crippen molar-refractivity contribution in [2.45, 2.75) is 12.8 Å². The molecule has 1 saturated carbocycles. The van der Waals surface area contributed by atoms with Gasteiger partial charge in [-0.15, -0.1) is 0 Å². The van der Waals surface area contributed by atoms with Crippen molar-refractivity contribution in [2.75, 3.05) is 5.32 Å². The minimum Gasteiger partial charge on any atom is -0.326 e. The Morgan fingerprint density at radius 1 is 1.18 bits per heavy atom. The first-order chi connectivity index (χ1) is 8.22. The fraction of sp³-hybridized carbons (Fsp3) is 0.357. The standard InChI is InChI=1S/C14H14BrNO/c15-11-3-5-12(6-4-11)16-14(17)13-8-9-1-2-10(13)7-9/h1-6,9-10,13H,7-8H2,(H,16,17)/t9-,10-,13-/m0/s1. The molecule has 88 valence electrons. The fourth-order valence-electron chi connectivity index (χ4n) is 2.85. The van der Waals surface area contributed by atoms with E-state index >= 15 is 0 Å². The van der Waals surface area contributed by atoms with Gasteiger partial charge in [0, 0.05) is 16.1 Å². The lowest BCUT2D eigenvalue weighted by Crippen LogP contribution is -2.25. The van der Waals surface area contributed by atoms with Crippen LogP contribution in [-0.2, 0) is 4.79 Å². The van der Waals surface area contributed by atoms with Crippen molar-refractivity contribution in [2.24, 2.45) is 17.8 Å². The van der Waals surface area contributed by atoms with Gasteiger partial charge in [0.25, 0.3) is 0 Å². The van der Waals surface area contributed by atoms with Crippen LogP contribution in [0.3, 0.4) is 0 Å². The van der Waals surface area contributed by atoms with Gasteiger partial charge in [0.2, 0.25) is 5.91 Å². The number of nitrogens with one attached hydrogen (secondary N) is 1. The normalized spacial score (nSPS) is 29.6. The third kappa shape index (κ3) is 2.16. The molecule has 3 rings (SSSR count). The molecule has 0 saturated heterocycles. The third-order valence-corrected chi connectivity index (χ3v) is 4.26. The molecule has 2 nitrogen and oxygen atoms in total. The van der Waals surface area contributed by atoms with Crippen LogP contribution in [-0.4, -0.2) is 5.91 Å². The number of hydrogen-bond donors (Lipinski definition) is 1. The summed E-state index contributed by atoms with van der Waals surface area (Å²) in [6.45, 7) is 0. The maximum atomic E-state index is 12.1. The molecule has 1 aromatic carbocycles. The largest absolute Gasteiger partial charge is 0.326 e. The van der Waals surface area contributed by atoms with Crippen LogP contribution in [0.1, 0.15) is 12.8 Å². The van der Waals surface area contributed by atoms with E-state index < -0.39 is 0 Å². The second kappa shape index (κ2) is 4.30. The second-order valence-corrected chi connectivity index (χ2v) is 5.80. The molecule has 0 aromatic heterocycles. The second-order valence-electron chi connectivity index (χ2n) is 4.88. The Bertz CT molecular complexity index is 466. The number of anilines is 1. The van der Waals surface area contributed by atoms with E-state index in [1.165, 1.54) is 6.42 Å². The zero-order valence-corrected chi connectivity index (χ0v) is 11.0. The van der Waals surface area contributed by atoms with E-state index in [9.17, 15) is 4.79 Å². The van der Waals surface area contributed by atoms with Crippen LogP contribution >= 0.6 is 15.9 Å². The number of hydrogen-bond acceptors (Lipinski definition) is 1. The van der Waals surface area contributed by atoms with Gasteiger partial charge in [-0.25, -0.2) is 0 Å². The summed E-state index contributed by atoms with van der Waals surface area (Å²) in [5, 5.41) is 3.00. The molecule has 0 aliphatic heterocycles. The Morgan fingerprint density at radius 2 is 1.94 bits per heavy atom. The summed E-state index contributed by atoms with van der Waals surface area (Å²) in [5.74, 6) is 1.45. The topological polar surface area (TPSA) is 29.1 Å². The van der Waals surface area contributed by atoms with Crippen LogP contribution in [0.5, 0.6) is 0 Å². The average molecular weight is 292 g/mol. The number of carbonyl (C=O) groups excluding carboxylic acids is 1. The number of halogens is 1. The summed E-state index contributed by atoms with van der Waals surface area (Å²) in [6, 6.07) is 7.72. The number of allylic oxidation sites excluding steroid dienone is 2. The Hall–Kier alpha value is -1.09. The monoisotopic (exact) mass is 291 g/mol. The smallest absolute Gasteiger partial charge is 0.228 e. The van der Waals surface area contributed by atoms with Crippen molar-refractivity contribution in [1.29, 1.82) is 0 Å². The SMILES string of the molecule is O=C(Nc1ccc(Br)cc1)[C@H]1C[C@H]2C=C[C@H]1C2.